The zero-order valence-corrected chi connectivity index (χ0v) is 13.5. The second kappa shape index (κ2) is 5.51. The number of nitrogens with zero attached hydrogens (tertiary/aromatic N) is 2. The van der Waals surface area contributed by atoms with Crippen molar-refractivity contribution < 1.29 is 4.79 Å². The van der Waals surface area contributed by atoms with E-state index in [2.05, 4.69) is 63.7 Å². The second-order valence-electron chi connectivity index (χ2n) is 7.36. The van der Waals surface area contributed by atoms with Gasteiger partial charge in [0.15, 0.2) is 0 Å². The summed E-state index contributed by atoms with van der Waals surface area (Å²) >= 11 is 0. The number of amides is 1. The minimum Gasteiger partial charge on any atom is -0.325 e. The third-order valence-electron chi connectivity index (χ3n) is 3.29. The summed E-state index contributed by atoms with van der Waals surface area (Å²) in [7, 11) is 0. The first kappa shape index (κ1) is 16.0. The zero-order valence-electron chi connectivity index (χ0n) is 13.5. The molecule has 1 saturated heterocycles. The Hall–Kier alpha value is -1.06. The number of unbranched alkanes of at least 4 members (excludes halogenated alkanes) is 1. The van der Waals surface area contributed by atoms with Crippen LogP contribution in [0.25, 0.3) is 0 Å². The van der Waals surface area contributed by atoms with Crippen LogP contribution in [0.3, 0.4) is 0 Å². The molecule has 0 aromatic heterocycles. The summed E-state index contributed by atoms with van der Waals surface area (Å²) in [6.45, 7) is 15.6. The van der Waals surface area contributed by atoms with Crippen molar-refractivity contribution in [2.75, 3.05) is 6.54 Å². The lowest BCUT2D eigenvalue weighted by Gasteiger charge is -2.41. The quantitative estimate of drug-likeness (QED) is 0.799. The first-order chi connectivity index (χ1) is 8.59. The normalized spacial score (nSPS) is 23.1. The summed E-state index contributed by atoms with van der Waals surface area (Å²) in [5.74, 6) is 0.809. The van der Waals surface area contributed by atoms with Crippen molar-refractivity contribution in [2.45, 2.75) is 72.9 Å². The molecule has 110 valence electrons. The van der Waals surface area contributed by atoms with E-state index in [4.69, 9.17) is 0 Å². The SMILES string of the molecule is CCCCN=C1NC(=O)C(C(C)(C)C)N1C(C)(C)C. The fourth-order valence-corrected chi connectivity index (χ4v) is 2.42. The van der Waals surface area contributed by atoms with Crippen LogP contribution in [0.1, 0.15) is 61.3 Å². The fraction of sp³-hybridized carbons (Fsp3) is 0.867. The molecule has 1 amide bonds. The van der Waals surface area contributed by atoms with Gasteiger partial charge in [0.25, 0.3) is 0 Å². The minimum atomic E-state index is -0.159. The average molecular weight is 267 g/mol. The lowest BCUT2D eigenvalue weighted by atomic mass is 9.84. The number of carbonyl (C=O) groups is 1. The Morgan fingerprint density at radius 3 is 2.21 bits per heavy atom. The Kier molecular flexibility index (Phi) is 4.64. The van der Waals surface area contributed by atoms with Crippen LogP contribution in [-0.4, -0.2) is 34.9 Å². The van der Waals surface area contributed by atoms with Crippen molar-refractivity contribution in [3.05, 3.63) is 0 Å². The molecule has 1 rings (SSSR count). The standard InChI is InChI=1S/C15H29N3O/c1-8-9-10-16-13-17-12(19)11(14(2,3)4)18(13)15(5,6)7/h11H,8-10H2,1-7H3,(H,16,17,19). The van der Waals surface area contributed by atoms with Crippen molar-refractivity contribution in [2.24, 2.45) is 10.4 Å². The molecule has 0 bridgehead atoms. The van der Waals surface area contributed by atoms with Gasteiger partial charge in [-0.1, -0.05) is 34.1 Å². The lowest BCUT2D eigenvalue weighted by Crippen LogP contribution is -2.53. The molecule has 0 radical (unpaired) electrons. The number of aliphatic imine (C=N–C) groups is 1. The lowest BCUT2D eigenvalue weighted by molar-refractivity contribution is -0.125. The Labute approximate surface area is 117 Å². The second-order valence-corrected chi connectivity index (χ2v) is 7.36. The van der Waals surface area contributed by atoms with Crippen LogP contribution in [0.4, 0.5) is 0 Å². The van der Waals surface area contributed by atoms with E-state index in [-0.39, 0.29) is 22.9 Å². The highest BCUT2D eigenvalue weighted by Gasteiger charge is 2.48. The highest BCUT2D eigenvalue weighted by Crippen LogP contribution is 2.33. The van der Waals surface area contributed by atoms with Gasteiger partial charge in [-0.2, -0.15) is 0 Å². The van der Waals surface area contributed by atoms with Gasteiger partial charge in [-0.05, 0) is 32.6 Å². The van der Waals surface area contributed by atoms with Gasteiger partial charge in [-0.3, -0.25) is 15.1 Å². The van der Waals surface area contributed by atoms with Gasteiger partial charge in [-0.25, -0.2) is 0 Å². The molecular formula is C15H29N3O. The van der Waals surface area contributed by atoms with Gasteiger partial charge < -0.3 is 4.90 Å². The topological polar surface area (TPSA) is 44.7 Å². The number of hydrogen-bond acceptors (Lipinski definition) is 2. The fourth-order valence-electron chi connectivity index (χ4n) is 2.42. The number of carbonyl (C=O) groups excluding carboxylic acids is 1. The molecule has 4 nitrogen and oxygen atoms in total. The summed E-state index contributed by atoms with van der Waals surface area (Å²) in [6, 6.07) is -0.159. The first-order valence-electron chi connectivity index (χ1n) is 7.23. The third kappa shape index (κ3) is 3.71. The summed E-state index contributed by atoms with van der Waals surface area (Å²) in [4.78, 5) is 19.0. The van der Waals surface area contributed by atoms with Crippen molar-refractivity contribution in [1.29, 1.82) is 0 Å². The molecule has 1 fully saturated rings. The molecule has 0 aliphatic carbocycles. The van der Waals surface area contributed by atoms with Gasteiger partial charge in [0.1, 0.15) is 6.04 Å². The molecule has 1 atom stereocenters. The van der Waals surface area contributed by atoms with Crippen LogP contribution in [0, 0.1) is 5.41 Å². The van der Waals surface area contributed by atoms with Gasteiger partial charge in [0.05, 0.1) is 0 Å². The Balaban J connectivity index is 3.08. The molecule has 4 heteroatoms. The highest BCUT2D eigenvalue weighted by molar-refractivity contribution is 6.07. The number of rotatable bonds is 3. The van der Waals surface area contributed by atoms with E-state index in [1.54, 1.807) is 0 Å². The van der Waals surface area contributed by atoms with Crippen molar-refractivity contribution in [1.82, 2.24) is 10.2 Å². The summed E-state index contributed by atoms with van der Waals surface area (Å²) in [6.07, 6.45) is 2.17. The van der Waals surface area contributed by atoms with Crippen LogP contribution in [0.5, 0.6) is 0 Å². The monoisotopic (exact) mass is 267 g/mol. The van der Waals surface area contributed by atoms with Crippen LogP contribution in [0.2, 0.25) is 0 Å². The summed E-state index contributed by atoms with van der Waals surface area (Å²) in [5, 5.41) is 2.96. The van der Waals surface area contributed by atoms with Crippen molar-refractivity contribution in [3.8, 4) is 0 Å². The van der Waals surface area contributed by atoms with Crippen LogP contribution >= 0.6 is 0 Å². The Bertz CT molecular complexity index is 361. The van der Waals surface area contributed by atoms with Crippen LogP contribution < -0.4 is 5.32 Å². The summed E-state index contributed by atoms with van der Waals surface area (Å²) in [5.41, 5.74) is -0.235. The largest absolute Gasteiger partial charge is 0.325 e. The van der Waals surface area contributed by atoms with Crippen molar-refractivity contribution in [3.63, 3.8) is 0 Å². The van der Waals surface area contributed by atoms with Crippen LogP contribution in [-0.2, 0) is 4.79 Å². The molecule has 1 N–H and O–H groups in total. The van der Waals surface area contributed by atoms with Gasteiger partial charge in [0, 0.05) is 12.1 Å². The minimum absolute atomic E-state index is 0.0673. The summed E-state index contributed by atoms with van der Waals surface area (Å²) < 4.78 is 0. The molecule has 0 spiro atoms. The van der Waals surface area contributed by atoms with Crippen LogP contribution in [0.15, 0.2) is 4.99 Å². The van der Waals surface area contributed by atoms with E-state index >= 15 is 0 Å². The van der Waals surface area contributed by atoms with Gasteiger partial charge in [-0.15, -0.1) is 0 Å². The number of hydrogen-bond donors (Lipinski definition) is 1. The first-order valence-corrected chi connectivity index (χ1v) is 7.23. The molecule has 0 aromatic carbocycles. The predicted octanol–water partition coefficient (Wildman–Crippen LogP) is 2.79. The molecule has 1 aliphatic heterocycles. The van der Waals surface area contributed by atoms with E-state index in [1.165, 1.54) is 0 Å². The van der Waals surface area contributed by atoms with E-state index in [9.17, 15) is 4.79 Å². The highest BCUT2D eigenvalue weighted by atomic mass is 16.2. The Morgan fingerprint density at radius 1 is 1.21 bits per heavy atom. The van der Waals surface area contributed by atoms with Crippen molar-refractivity contribution >= 4 is 11.9 Å². The molecule has 1 aliphatic rings. The average Bonchev–Trinajstić information content (AvgIpc) is 2.54. The smallest absolute Gasteiger partial charge is 0.250 e. The zero-order chi connectivity index (χ0) is 14.8. The maximum absolute atomic E-state index is 12.3. The molecule has 1 heterocycles. The molecular weight excluding hydrogens is 238 g/mol. The van der Waals surface area contributed by atoms with E-state index in [1.807, 2.05) is 0 Å². The molecule has 0 saturated carbocycles. The number of nitrogens with one attached hydrogen (secondary N) is 1. The number of guanidine groups is 1. The van der Waals surface area contributed by atoms with E-state index in [0.717, 1.165) is 25.3 Å². The van der Waals surface area contributed by atoms with E-state index < -0.39 is 0 Å². The van der Waals surface area contributed by atoms with Gasteiger partial charge in [0.2, 0.25) is 11.9 Å². The maximum Gasteiger partial charge on any atom is 0.250 e. The van der Waals surface area contributed by atoms with Gasteiger partial charge >= 0.3 is 0 Å². The molecule has 19 heavy (non-hydrogen) atoms. The Morgan fingerprint density at radius 2 is 1.79 bits per heavy atom. The van der Waals surface area contributed by atoms with E-state index in [0.29, 0.717) is 0 Å². The molecule has 1 unspecified atom stereocenters. The third-order valence-corrected chi connectivity index (χ3v) is 3.29. The molecule has 0 aromatic rings. The predicted molar refractivity (Wildman–Crippen MR) is 80.2 cm³/mol. The maximum atomic E-state index is 12.3.